The van der Waals surface area contributed by atoms with Crippen LogP contribution in [0.4, 0.5) is 0 Å². The van der Waals surface area contributed by atoms with Gasteiger partial charge >= 0.3 is 0 Å². The van der Waals surface area contributed by atoms with Gasteiger partial charge in [0.05, 0.1) is 9.73 Å². The van der Waals surface area contributed by atoms with Gasteiger partial charge in [-0.1, -0.05) is 25.1 Å². The Kier molecular flexibility index (Phi) is 2.87. The molecule has 1 aromatic rings. The zero-order valence-electron chi connectivity index (χ0n) is 7.36. The minimum Gasteiger partial charge on any atom is -0.245 e. The second-order valence-corrected chi connectivity index (χ2v) is 5.12. The molecule has 0 N–H and O–H groups in total. The van der Waals surface area contributed by atoms with Crippen molar-refractivity contribution in [3.8, 4) is 0 Å². The van der Waals surface area contributed by atoms with E-state index in [1.54, 1.807) is 7.05 Å². The van der Waals surface area contributed by atoms with Gasteiger partial charge in [-0.2, -0.15) is 0 Å². The summed E-state index contributed by atoms with van der Waals surface area (Å²) in [5.74, 6) is 0.577. The van der Waals surface area contributed by atoms with Crippen LogP contribution < -0.4 is 0 Å². The van der Waals surface area contributed by atoms with Crippen LogP contribution in [0, 0.1) is 0 Å². The summed E-state index contributed by atoms with van der Waals surface area (Å²) >= 11 is 0. The Balaban J connectivity index is 3.24. The van der Waals surface area contributed by atoms with Gasteiger partial charge in [-0.3, -0.25) is 0 Å². The number of hydrogen-bond acceptors (Lipinski definition) is 2. The largest absolute Gasteiger partial charge is 0.245 e. The molecule has 12 heavy (non-hydrogen) atoms. The second-order valence-electron chi connectivity index (χ2n) is 2.42. The first-order valence-corrected chi connectivity index (χ1v) is 5.59. The van der Waals surface area contributed by atoms with Crippen LogP contribution in [0.1, 0.15) is 6.92 Å². The molecule has 0 fully saturated rings. The quantitative estimate of drug-likeness (QED) is 0.691. The van der Waals surface area contributed by atoms with Gasteiger partial charge in [-0.15, -0.1) is 0 Å². The third-order valence-electron chi connectivity index (χ3n) is 1.80. The molecule has 0 saturated carbocycles. The highest BCUT2D eigenvalue weighted by atomic mass is 32.2. The second kappa shape index (κ2) is 3.72. The van der Waals surface area contributed by atoms with E-state index in [0.29, 0.717) is 5.75 Å². The van der Waals surface area contributed by atoms with Crippen LogP contribution in [0.3, 0.4) is 0 Å². The standard InChI is InChI=1S/C9H13NOS/c1-3-12(11,10-2)9-7-5-4-6-8-9/h4-8H,3H2,1-2H3. The van der Waals surface area contributed by atoms with Gasteiger partial charge < -0.3 is 0 Å². The van der Waals surface area contributed by atoms with Crippen molar-refractivity contribution in [3.63, 3.8) is 0 Å². The molecule has 0 amide bonds. The molecule has 1 rings (SSSR count). The molecular formula is C9H13NOS. The average molecular weight is 183 g/mol. The summed E-state index contributed by atoms with van der Waals surface area (Å²) in [5.41, 5.74) is 0. The highest BCUT2D eigenvalue weighted by molar-refractivity contribution is 7.93. The molecule has 0 spiro atoms. The minimum absolute atomic E-state index is 0.577. The van der Waals surface area contributed by atoms with Crippen LogP contribution >= 0.6 is 0 Å². The molecule has 1 unspecified atom stereocenters. The first-order chi connectivity index (χ1) is 5.73. The van der Waals surface area contributed by atoms with E-state index in [2.05, 4.69) is 4.36 Å². The Bertz CT molecular complexity index is 350. The van der Waals surface area contributed by atoms with Crippen molar-refractivity contribution < 1.29 is 4.21 Å². The van der Waals surface area contributed by atoms with E-state index in [9.17, 15) is 4.21 Å². The monoisotopic (exact) mass is 183 g/mol. The molecule has 2 nitrogen and oxygen atoms in total. The Labute approximate surface area is 73.8 Å². The summed E-state index contributed by atoms with van der Waals surface area (Å²) in [7, 11) is -0.509. The predicted molar refractivity (Wildman–Crippen MR) is 51.7 cm³/mol. The lowest BCUT2D eigenvalue weighted by atomic mass is 10.4. The molecule has 0 radical (unpaired) electrons. The van der Waals surface area contributed by atoms with Crippen LogP contribution in [-0.2, 0) is 9.73 Å². The lowest BCUT2D eigenvalue weighted by molar-refractivity contribution is 0.677. The molecule has 1 aromatic carbocycles. The van der Waals surface area contributed by atoms with Gasteiger partial charge in [-0.05, 0) is 12.1 Å². The third-order valence-corrected chi connectivity index (χ3v) is 4.18. The fraction of sp³-hybridized carbons (Fsp3) is 0.333. The van der Waals surface area contributed by atoms with Gasteiger partial charge in [0.15, 0.2) is 0 Å². The fourth-order valence-corrected chi connectivity index (χ4v) is 2.42. The van der Waals surface area contributed by atoms with Crippen LogP contribution in [0.5, 0.6) is 0 Å². The molecule has 1 atom stereocenters. The Morgan fingerprint density at radius 1 is 1.33 bits per heavy atom. The summed E-state index contributed by atoms with van der Waals surface area (Å²) in [6, 6.07) is 9.40. The molecule has 0 aliphatic heterocycles. The van der Waals surface area contributed by atoms with E-state index in [4.69, 9.17) is 0 Å². The molecule has 0 saturated heterocycles. The Hall–Kier alpha value is -0.830. The summed E-state index contributed by atoms with van der Waals surface area (Å²) in [5, 5.41) is 0. The summed E-state index contributed by atoms with van der Waals surface area (Å²) in [4.78, 5) is 0.829. The maximum absolute atomic E-state index is 12.0. The van der Waals surface area contributed by atoms with Crippen LogP contribution in [0.25, 0.3) is 0 Å². The van der Waals surface area contributed by atoms with E-state index < -0.39 is 9.73 Å². The molecule has 66 valence electrons. The van der Waals surface area contributed by atoms with Crippen molar-refractivity contribution in [1.82, 2.24) is 0 Å². The SMILES string of the molecule is CCS(=O)(=NC)c1ccccc1. The Morgan fingerprint density at radius 2 is 1.92 bits per heavy atom. The van der Waals surface area contributed by atoms with Crippen molar-refractivity contribution in [2.75, 3.05) is 12.8 Å². The zero-order valence-corrected chi connectivity index (χ0v) is 8.17. The van der Waals surface area contributed by atoms with E-state index in [-0.39, 0.29) is 0 Å². The molecular weight excluding hydrogens is 170 g/mol. The van der Waals surface area contributed by atoms with Gasteiger partial charge in [0, 0.05) is 17.7 Å². The fourth-order valence-electron chi connectivity index (χ4n) is 1.03. The lowest BCUT2D eigenvalue weighted by Gasteiger charge is -2.04. The lowest BCUT2D eigenvalue weighted by Crippen LogP contribution is -2.02. The Morgan fingerprint density at radius 3 is 2.33 bits per heavy atom. The molecule has 0 aliphatic carbocycles. The summed E-state index contributed by atoms with van der Waals surface area (Å²) in [6.07, 6.45) is 0. The maximum Gasteiger partial charge on any atom is 0.0746 e. The van der Waals surface area contributed by atoms with Gasteiger partial charge in [0.2, 0.25) is 0 Å². The normalized spacial score (nSPS) is 15.2. The van der Waals surface area contributed by atoms with Crippen LogP contribution in [0.2, 0.25) is 0 Å². The van der Waals surface area contributed by atoms with Crippen molar-refractivity contribution in [3.05, 3.63) is 30.3 Å². The zero-order chi connectivity index (χ0) is 9.03. The highest BCUT2D eigenvalue weighted by Gasteiger charge is 2.06. The van der Waals surface area contributed by atoms with Crippen molar-refractivity contribution in [2.45, 2.75) is 11.8 Å². The summed E-state index contributed by atoms with van der Waals surface area (Å²) < 4.78 is 15.9. The van der Waals surface area contributed by atoms with E-state index in [1.165, 1.54) is 0 Å². The van der Waals surface area contributed by atoms with Crippen LogP contribution in [-0.4, -0.2) is 17.0 Å². The van der Waals surface area contributed by atoms with Crippen LogP contribution in [0.15, 0.2) is 39.6 Å². The summed E-state index contributed by atoms with van der Waals surface area (Å²) in [6.45, 7) is 1.89. The topological polar surface area (TPSA) is 29.4 Å². The van der Waals surface area contributed by atoms with Crippen molar-refractivity contribution in [2.24, 2.45) is 4.36 Å². The number of hydrogen-bond donors (Lipinski definition) is 0. The average Bonchev–Trinajstić information content (AvgIpc) is 2.18. The van der Waals surface area contributed by atoms with Gasteiger partial charge in [0.1, 0.15) is 0 Å². The molecule has 0 heterocycles. The van der Waals surface area contributed by atoms with E-state index >= 15 is 0 Å². The number of benzene rings is 1. The van der Waals surface area contributed by atoms with E-state index in [0.717, 1.165) is 4.90 Å². The first-order valence-electron chi connectivity index (χ1n) is 3.91. The van der Waals surface area contributed by atoms with Crippen molar-refractivity contribution in [1.29, 1.82) is 0 Å². The predicted octanol–water partition coefficient (Wildman–Crippen LogP) is 2.16. The molecule has 0 bridgehead atoms. The highest BCUT2D eigenvalue weighted by Crippen LogP contribution is 2.11. The van der Waals surface area contributed by atoms with E-state index in [1.807, 2.05) is 37.3 Å². The van der Waals surface area contributed by atoms with Gasteiger partial charge in [0.25, 0.3) is 0 Å². The first kappa shape index (κ1) is 9.26. The maximum atomic E-state index is 12.0. The smallest absolute Gasteiger partial charge is 0.0746 e. The number of nitrogens with zero attached hydrogens (tertiary/aromatic N) is 1. The number of rotatable bonds is 2. The molecule has 3 heteroatoms. The molecule has 0 aromatic heterocycles. The molecule has 0 aliphatic rings. The third kappa shape index (κ3) is 1.67. The minimum atomic E-state index is -2.12. The van der Waals surface area contributed by atoms with Gasteiger partial charge in [-0.25, -0.2) is 8.57 Å². The van der Waals surface area contributed by atoms with Crippen molar-refractivity contribution >= 4 is 9.73 Å².